The Morgan fingerprint density at radius 3 is 3.05 bits per heavy atom. The van der Waals surface area contributed by atoms with Crippen LogP contribution < -0.4 is 0 Å². The smallest absolute Gasteiger partial charge is 0.242 e. The topological polar surface area (TPSA) is 58.4 Å². The Morgan fingerprint density at radius 1 is 1.55 bits per heavy atom. The van der Waals surface area contributed by atoms with E-state index < -0.39 is 0 Å². The van der Waals surface area contributed by atoms with Crippen molar-refractivity contribution in [1.82, 2.24) is 19.6 Å². The van der Waals surface area contributed by atoms with Gasteiger partial charge in [-0.3, -0.25) is 14.3 Å². The second-order valence-electron chi connectivity index (χ2n) is 5.26. The average Bonchev–Trinajstić information content (AvgIpc) is 3.11. The lowest BCUT2D eigenvalue weighted by Gasteiger charge is -2.26. The summed E-state index contributed by atoms with van der Waals surface area (Å²) in [5, 5.41) is 4.18. The Kier molecular flexibility index (Phi) is 3.69. The fourth-order valence-corrected chi connectivity index (χ4v) is 3.72. The van der Waals surface area contributed by atoms with Gasteiger partial charge in [-0.05, 0) is 12.8 Å². The molecule has 2 aliphatic rings. The highest BCUT2D eigenvalue weighted by Crippen LogP contribution is 2.31. The Hall–Kier alpha value is -1.50. The fraction of sp³-hybridized carbons (Fsp3) is 0.615. The number of carbonyl (C=O) groups excluding carboxylic acids is 2. The lowest BCUT2D eigenvalue weighted by atomic mass is 10.1. The minimum atomic E-state index is 0.0483. The molecule has 0 N–H and O–H groups in total. The van der Waals surface area contributed by atoms with E-state index in [4.69, 9.17) is 0 Å². The molecule has 0 saturated carbocycles. The van der Waals surface area contributed by atoms with E-state index in [0.29, 0.717) is 11.6 Å². The van der Waals surface area contributed by atoms with Gasteiger partial charge in [0.25, 0.3) is 0 Å². The molecule has 1 aromatic heterocycles. The number of amides is 2. The second-order valence-corrected chi connectivity index (χ2v) is 6.22. The molecule has 3 heterocycles. The van der Waals surface area contributed by atoms with E-state index in [0.717, 1.165) is 24.9 Å². The Labute approximate surface area is 122 Å². The summed E-state index contributed by atoms with van der Waals surface area (Å²) in [7, 11) is 1.88. The molecular weight excluding hydrogens is 276 g/mol. The molecule has 1 aromatic rings. The van der Waals surface area contributed by atoms with Crippen LogP contribution in [0.25, 0.3) is 0 Å². The predicted octanol–water partition coefficient (Wildman–Crippen LogP) is 0.616. The number of aromatic nitrogens is 2. The Bertz CT molecular complexity index is 530. The first kappa shape index (κ1) is 13.5. The highest BCUT2D eigenvalue weighted by atomic mass is 32.2. The van der Waals surface area contributed by atoms with Gasteiger partial charge in [0.2, 0.25) is 11.8 Å². The average molecular weight is 294 g/mol. The summed E-state index contributed by atoms with van der Waals surface area (Å²) in [4.78, 5) is 27.6. The molecule has 0 radical (unpaired) electrons. The van der Waals surface area contributed by atoms with Crippen LogP contribution in [0.3, 0.4) is 0 Å². The largest absolute Gasteiger partial charge is 0.334 e. The van der Waals surface area contributed by atoms with Gasteiger partial charge in [0, 0.05) is 25.4 Å². The summed E-state index contributed by atoms with van der Waals surface area (Å²) in [5.74, 6) is 1.25. The molecule has 20 heavy (non-hydrogen) atoms. The molecule has 6 nitrogen and oxygen atoms in total. The van der Waals surface area contributed by atoms with Gasteiger partial charge >= 0.3 is 0 Å². The maximum Gasteiger partial charge on any atom is 0.242 e. The van der Waals surface area contributed by atoms with E-state index in [1.54, 1.807) is 21.3 Å². The molecule has 108 valence electrons. The molecule has 2 aliphatic heterocycles. The van der Waals surface area contributed by atoms with E-state index in [9.17, 15) is 9.59 Å². The van der Waals surface area contributed by atoms with Crippen molar-refractivity contribution in [3.63, 3.8) is 0 Å². The number of rotatable bonds is 3. The summed E-state index contributed by atoms with van der Waals surface area (Å²) >= 11 is 1.57. The van der Waals surface area contributed by atoms with Crippen molar-refractivity contribution in [3.05, 3.63) is 18.0 Å². The van der Waals surface area contributed by atoms with Crippen molar-refractivity contribution in [2.45, 2.75) is 18.9 Å². The van der Waals surface area contributed by atoms with Crippen LogP contribution in [0.5, 0.6) is 0 Å². The molecule has 2 fully saturated rings. The number of hydrogen-bond donors (Lipinski definition) is 0. The summed E-state index contributed by atoms with van der Waals surface area (Å²) in [6.45, 7) is 0.982. The molecule has 2 saturated heterocycles. The Balaban J connectivity index is 1.68. The van der Waals surface area contributed by atoms with E-state index in [1.807, 2.05) is 24.3 Å². The molecule has 0 spiro atoms. The van der Waals surface area contributed by atoms with Gasteiger partial charge in [0.05, 0.1) is 23.9 Å². The highest BCUT2D eigenvalue weighted by Gasteiger charge is 2.33. The van der Waals surface area contributed by atoms with E-state index in [1.165, 1.54) is 0 Å². The van der Waals surface area contributed by atoms with Crippen LogP contribution in [-0.2, 0) is 16.6 Å². The minimum absolute atomic E-state index is 0.0483. The number of likely N-dealkylation sites (tertiary alicyclic amines) is 1. The number of aryl methyl sites for hydroxylation is 1. The molecular formula is C13H18N4O2S. The zero-order valence-electron chi connectivity index (χ0n) is 11.5. The molecule has 0 aromatic carbocycles. The lowest BCUT2D eigenvalue weighted by Crippen LogP contribution is -2.40. The monoisotopic (exact) mass is 294 g/mol. The maximum atomic E-state index is 12.4. The second kappa shape index (κ2) is 5.47. The summed E-state index contributed by atoms with van der Waals surface area (Å²) < 4.78 is 1.76. The van der Waals surface area contributed by atoms with E-state index in [2.05, 4.69) is 5.10 Å². The van der Waals surface area contributed by atoms with Crippen LogP contribution in [0.2, 0.25) is 0 Å². The summed E-state index contributed by atoms with van der Waals surface area (Å²) in [5.41, 5.74) is 1.08. The first-order valence-electron chi connectivity index (χ1n) is 6.78. The van der Waals surface area contributed by atoms with Gasteiger partial charge in [-0.1, -0.05) is 0 Å². The Morgan fingerprint density at radius 2 is 2.40 bits per heavy atom. The summed E-state index contributed by atoms with van der Waals surface area (Å²) in [6.07, 6.45) is 5.77. The number of nitrogens with zero attached hydrogens (tertiary/aromatic N) is 4. The molecule has 0 unspecified atom stereocenters. The SMILES string of the molecule is Cn1cc([C@@H]2CCCN2C(=O)CN2CSCC2=O)cn1. The van der Waals surface area contributed by atoms with Crippen molar-refractivity contribution >= 4 is 23.6 Å². The first-order chi connectivity index (χ1) is 9.65. The lowest BCUT2D eigenvalue weighted by molar-refractivity contribution is -0.138. The fourth-order valence-electron chi connectivity index (χ4n) is 2.82. The van der Waals surface area contributed by atoms with Crippen LogP contribution in [0.1, 0.15) is 24.4 Å². The third-order valence-corrected chi connectivity index (χ3v) is 4.78. The van der Waals surface area contributed by atoms with Crippen molar-refractivity contribution in [2.24, 2.45) is 7.05 Å². The van der Waals surface area contributed by atoms with Gasteiger partial charge < -0.3 is 9.80 Å². The van der Waals surface area contributed by atoms with Gasteiger partial charge in [0.15, 0.2) is 0 Å². The highest BCUT2D eigenvalue weighted by molar-refractivity contribution is 8.00. The van der Waals surface area contributed by atoms with Gasteiger partial charge in [-0.15, -0.1) is 11.8 Å². The molecule has 7 heteroatoms. The van der Waals surface area contributed by atoms with Crippen LogP contribution in [-0.4, -0.2) is 56.1 Å². The van der Waals surface area contributed by atoms with Crippen LogP contribution >= 0.6 is 11.8 Å². The normalized spacial score (nSPS) is 22.9. The zero-order chi connectivity index (χ0) is 14.1. The molecule has 2 amide bonds. The third-order valence-electron chi connectivity index (χ3n) is 3.83. The van der Waals surface area contributed by atoms with Gasteiger partial charge in [-0.2, -0.15) is 5.10 Å². The molecule has 0 aliphatic carbocycles. The van der Waals surface area contributed by atoms with Crippen molar-refractivity contribution in [2.75, 3.05) is 24.7 Å². The number of carbonyl (C=O) groups is 2. The van der Waals surface area contributed by atoms with Crippen molar-refractivity contribution in [3.8, 4) is 0 Å². The standard InChI is InChI=1S/C13H18N4O2S/c1-15-6-10(5-14-15)11-3-2-4-17(11)12(18)7-16-9-20-8-13(16)19/h5-6,11H,2-4,7-9H2,1H3/t11-/m0/s1. The van der Waals surface area contributed by atoms with Gasteiger partial charge in [0.1, 0.15) is 6.54 Å². The van der Waals surface area contributed by atoms with Crippen LogP contribution in [0.4, 0.5) is 0 Å². The van der Waals surface area contributed by atoms with Crippen molar-refractivity contribution < 1.29 is 9.59 Å². The summed E-state index contributed by atoms with van der Waals surface area (Å²) in [6, 6.07) is 0.113. The van der Waals surface area contributed by atoms with E-state index in [-0.39, 0.29) is 24.4 Å². The molecule has 0 bridgehead atoms. The molecule has 3 rings (SSSR count). The van der Waals surface area contributed by atoms with Crippen molar-refractivity contribution in [1.29, 1.82) is 0 Å². The number of thioether (sulfide) groups is 1. The van der Waals surface area contributed by atoms with Gasteiger partial charge in [-0.25, -0.2) is 0 Å². The minimum Gasteiger partial charge on any atom is -0.334 e. The predicted molar refractivity (Wildman–Crippen MR) is 75.9 cm³/mol. The first-order valence-corrected chi connectivity index (χ1v) is 7.94. The van der Waals surface area contributed by atoms with E-state index >= 15 is 0 Å². The zero-order valence-corrected chi connectivity index (χ0v) is 12.3. The third kappa shape index (κ3) is 2.54. The van der Waals surface area contributed by atoms with Crippen LogP contribution in [0.15, 0.2) is 12.4 Å². The van der Waals surface area contributed by atoms with Crippen LogP contribution in [0, 0.1) is 0 Å². The number of hydrogen-bond acceptors (Lipinski definition) is 4. The maximum absolute atomic E-state index is 12.4. The molecule has 1 atom stereocenters. The quantitative estimate of drug-likeness (QED) is 0.820.